The van der Waals surface area contributed by atoms with Crippen LogP contribution < -0.4 is 16.2 Å². The van der Waals surface area contributed by atoms with Gasteiger partial charge in [0.15, 0.2) is 5.11 Å². The second kappa shape index (κ2) is 6.87. The van der Waals surface area contributed by atoms with Crippen LogP contribution in [0.15, 0.2) is 42.5 Å². The minimum atomic E-state index is -4.38. The van der Waals surface area contributed by atoms with Gasteiger partial charge in [0, 0.05) is 5.69 Å². The van der Waals surface area contributed by atoms with Crippen LogP contribution in [0.1, 0.15) is 16.7 Å². The van der Waals surface area contributed by atoms with Crippen LogP contribution in [0.3, 0.4) is 0 Å². The van der Waals surface area contributed by atoms with Crippen molar-refractivity contribution in [2.75, 3.05) is 10.7 Å². The van der Waals surface area contributed by atoms with Gasteiger partial charge in [-0.15, -0.1) is 0 Å². The van der Waals surface area contributed by atoms with Crippen molar-refractivity contribution >= 4 is 28.7 Å². The molecule has 0 aliphatic rings. The molecule has 0 bridgehead atoms. The molecule has 2 aromatic rings. The van der Waals surface area contributed by atoms with Gasteiger partial charge in [0.1, 0.15) is 0 Å². The maximum Gasteiger partial charge on any atom is 0.416 e. The van der Waals surface area contributed by atoms with Gasteiger partial charge >= 0.3 is 6.18 Å². The number of aryl methyl sites for hydroxylation is 2. The summed E-state index contributed by atoms with van der Waals surface area (Å²) in [6.07, 6.45) is -4.38. The average molecular weight is 339 g/mol. The Hall–Kier alpha value is -2.28. The molecule has 0 spiro atoms. The van der Waals surface area contributed by atoms with E-state index in [1.165, 1.54) is 12.1 Å². The van der Waals surface area contributed by atoms with Gasteiger partial charge in [-0.3, -0.25) is 10.9 Å². The molecule has 3 N–H and O–H groups in total. The molecule has 23 heavy (non-hydrogen) atoms. The van der Waals surface area contributed by atoms with Gasteiger partial charge in [-0.25, -0.2) is 0 Å². The summed E-state index contributed by atoms with van der Waals surface area (Å²) in [6.45, 7) is 3.94. The molecule has 0 radical (unpaired) electrons. The molecule has 0 saturated heterocycles. The molecule has 7 heteroatoms. The van der Waals surface area contributed by atoms with Crippen LogP contribution in [0.5, 0.6) is 0 Å². The molecule has 0 aliphatic heterocycles. The third kappa shape index (κ3) is 5.14. The highest BCUT2D eigenvalue weighted by Gasteiger charge is 2.30. The Labute approximate surface area is 137 Å². The van der Waals surface area contributed by atoms with Crippen molar-refractivity contribution < 1.29 is 13.2 Å². The highest BCUT2D eigenvalue weighted by Crippen LogP contribution is 2.30. The van der Waals surface area contributed by atoms with Crippen LogP contribution >= 0.6 is 12.2 Å². The van der Waals surface area contributed by atoms with Crippen molar-refractivity contribution in [2.45, 2.75) is 20.0 Å². The van der Waals surface area contributed by atoms with E-state index in [2.05, 4.69) is 16.2 Å². The van der Waals surface area contributed by atoms with Gasteiger partial charge in [-0.05, 0) is 67.5 Å². The predicted molar refractivity (Wildman–Crippen MR) is 90.3 cm³/mol. The standard InChI is InChI=1S/C16H16F3N3S/c1-10-6-11(2)8-14(7-10)20-15(23)22-21-13-5-3-4-12(9-13)16(17,18)19/h3-9,21H,1-2H3,(H2,20,22,23). The zero-order valence-electron chi connectivity index (χ0n) is 12.6. The number of halogens is 3. The van der Waals surface area contributed by atoms with Crippen LogP contribution in [0.25, 0.3) is 0 Å². The summed E-state index contributed by atoms with van der Waals surface area (Å²) in [5.74, 6) is 0. The lowest BCUT2D eigenvalue weighted by Crippen LogP contribution is -2.33. The molecule has 0 aliphatic carbocycles. The summed E-state index contributed by atoms with van der Waals surface area (Å²) in [4.78, 5) is 0. The van der Waals surface area contributed by atoms with Gasteiger partial charge in [-0.2, -0.15) is 13.2 Å². The number of hydrogen-bond acceptors (Lipinski definition) is 2. The number of hydrogen-bond donors (Lipinski definition) is 3. The summed E-state index contributed by atoms with van der Waals surface area (Å²) in [5.41, 5.74) is 7.84. The Balaban J connectivity index is 1.97. The first kappa shape index (κ1) is 17.1. The number of thiocarbonyl (C=S) groups is 1. The Kier molecular flexibility index (Phi) is 5.10. The topological polar surface area (TPSA) is 36.1 Å². The molecule has 3 nitrogen and oxygen atoms in total. The van der Waals surface area contributed by atoms with Crippen LogP contribution in [-0.4, -0.2) is 5.11 Å². The highest BCUT2D eigenvalue weighted by molar-refractivity contribution is 7.80. The Morgan fingerprint density at radius 1 is 0.957 bits per heavy atom. The molecule has 0 fully saturated rings. The molecule has 2 rings (SSSR count). The normalized spacial score (nSPS) is 11.0. The van der Waals surface area contributed by atoms with E-state index in [0.717, 1.165) is 28.9 Å². The minimum absolute atomic E-state index is 0.257. The zero-order chi connectivity index (χ0) is 17.0. The Morgan fingerprint density at radius 3 is 2.22 bits per heavy atom. The van der Waals surface area contributed by atoms with E-state index in [1.54, 1.807) is 0 Å². The number of hydrazine groups is 1. The average Bonchev–Trinajstić information content (AvgIpc) is 2.43. The smallest absolute Gasteiger partial charge is 0.331 e. The van der Waals surface area contributed by atoms with Crippen LogP contribution in [0.2, 0.25) is 0 Å². The third-order valence-corrected chi connectivity index (χ3v) is 3.19. The second-order valence-corrected chi connectivity index (χ2v) is 5.57. The summed E-state index contributed by atoms with van der Waals surface area (Å²) in [6, 6.07) is 10.7. The molecule has 122 valence electrons. The van der Waals surface area contributed by atoms with Gasteiger partial charge in [0.2, 0.25) is 0 Å². The van der Waals surface area contributed by atoms with E-state index in [-0.39, 0.29) is 10.8 Å². The first-order valence-corrected chi connectivity index (χ1v) is 7.23. The van der Waals surface area contributed by atoms with Gasteiger partial charge in [-0.1, -0.05) is 12.1 Å². The first-order valence-electron chi connectivity index (χ1n) is 6.82. The molecule has 0 heterocycles. The predicted octanol–water partition coefficient (Wildman–Crippen LogP) is 4.64. The van der Waals surface area contributed by atoms with E-state index in [4.69, 9.17) is 12.2 Å². The number of rotatable bonds is 3. The van der Waals surface area contributed by atoms with Crippen molar-refractivity contribution in [2.24, 2.45) is 0 Å². The lowest BCUT2D eigenvalue weighted by atomic mass is 10.1. The van der Waals surface area contributed by atoms with E-state index in [9.17, 15) is 13.2 Å². The van der Waals surface area contributed by atoms with E-state index in [1.807, 2.05) is 32.0 Å². The fourth-order valence-electron chi connectivity index (χ4n) is 2.11. The molecule has 0 amide bonds. The number of alkyl halides is 3. The first-order chi connectivity index (χ1) is 10.7. The molecular weight excluding hydrogens is 323 g/mol. The monoisotopic (exact) mass is 339 g/mol. The van der Waals surface area contributed by atoms with Crippen LogP contribution in [0, 0.1) is 13.8 Å². The van der Waals surface area contributed by atoms with Crippen molar-refractivity contribution in [3.63, 3.8) is 0 Å². The molecule has 2 aromatic carbocycles. The summed E-state index contributed by atoms with van der Waals surface area (Å²) >= 11 is 5.12. The molecular formula is C16H16F3N3S. The van der Waals surface area contributed by atoms with Crippen molar-refractivity contribution in [3.8, 4) is 0 Å². The van der Waals surface area contributed by atoms with Crippen LogP contribution in [-0.2, 0) is 6.18 Å². The highest BCUT2D eigenvalue weighted by atomic mass is 32.1. The molecule has 0 atom stereocenters. The lowest BCUT2D eigenvalue weighted by Gasteiger charge is -2.14. The van der Waals surface area contributed by atoms with Crippen LogP contribution in [0.4, 0.5) is 24.5 Å². The number of benzene rings is 2. The zero-order valence-corrected chi connectivity index (χ0v) is 13.4. The quantitative estimate of drug-likeness (QED) is 0.563. The SMILES string of the molecule is Cc1cc(C)cc(NC(=S)NNc2cccc(C(F)(F)F)c2)c1. The fraction of sp³-hybridized carbons (Fsp3) is 0.188. The third-order valence-electron chi connectivity index (χ3n) is 2.99. The Morgan fingerprint density at radius 2 is 1.61 bits per heavy atom. The van der Waals surface area contributed by atoms with E-state index >= 15 is 0 Å². The molecule has 0 unspecified atom stereocenters. The van der Waals surface area contributed by atoms with Crippen molar-refractivity contribution in [1.29, 1.82) is 0 Å². The number of nitrogens with one attached hydrogen (secondary N) is 3. The maximum atomic E-state index is 12.6. The number of anilines is 2. The van der Waals surface area contributed by atoms with E-state index < -0.39 is 11.7 Å². The van der Waals surface area contributed by atoms with E-state index in [0.29, 0.717) is 0 Å². The molecule has 0 saturated carbocycles. The largest absolute Gasteiger partial charge is 0.416 e. The Bertz CT molecular complexity index is 694. The second-order valence-electron chi connectivity index (χ2n) is 5.16. The maximum absolute atomic E-state index is 12.6. The van der Waals surface area contributed by atoms with Gasteiger partial charge < -0.3 is 5.32 Å². The van der Waals surface area contributed by atoms with Gasteiger partial charge in [0.25, 0.3) is 0 Å². The van der Waals surface area contributed by atoms with Crippen molar-refractivity contribution in [3.05, 3.63) is 59.2 Å². The summed E-state index contributed by atoms with van der Waals surface area (Å²) in [7, 11) is 0. The summed E-state index contributed by atoms with van der Waals surface area (Å²) in [5, 5.41) is 3.23. The summed E-state index contributed by atoms with van der Waals surface area (Å²) < 4.78 is 37.9. The van der Waals surface area contributed by atoms with Gasteiger partial charge in [0.05, 0.1) is 11.3 Å². The lowest BCUT2D eigenvalue weighted by molar-refractivity contribution is -0.137. The fourth-order valence-corrected chi connectivity index (χ4v) is 2.28. The minimum Gasteiger partial charge on any atom is -0.331 e. The molecule has 0 aromatic heterocycles. The van der Waals surface area contributed by atoms with Crippen molar-refractivity contribution in [1.82, 2.24) is 5.43 Å².